The van der Waals surface area contributed by atoms with E-state index in [2.05, 4.69) is 12.2 Å². The van der Waals surface area contributed by atoms with E-state index in [-0.39, 0.29) is 12.1 Å². The monoisotopic (exact) mass is 145 g/mol. The number of rotatable bonds is 4. The quantitative estimate of drug-likeness (QED) is 0.499. The summed E-state index contributed by atoms with van der Waals surface area (Å²) in [7, 11) is 0. The molecule has 0 aromatic carbocycles. The van der Waals surface area contributed by atoms with E-state index >= 15 is 0 Å². The van der Waals surface area contributed by atoms with E-state index in [0.29, 0.717) is 6.54 Å². The maximum absolute atomic E-state index is 8.94. The van der Waals surface area contributed by atoms with E-state index in [4.69, 9.17) is 10.2 Å². The average Bonchev–Trinajstić information content (AvgIpc) is 2.64. The van der Waals surface area contributed by atoms with Gasteiger partial charge in [0.2, 0.25) is 0 Å². The minimum absolute atomic E-state index is 0.150. The van der Waals surface area contributed by atoms with Gasteiger partial charge in [-0.25, -0.2) is 0 Å². The average molecular weight is 145 g/mol. The van der Waals surface area contributed by atoms with Crippen LogP contribution in [0.2, 0.25) is 0 Å². The number of aliphatic hydroxyl groups is 2. The Kier molecular flexibility index (Phi) is 2.28. The minimum atomic E-state index is -0.600. The number of nitrogens with one attached hydrogen (secondary N) is 1. The fourth-order valence-electron chi connectivity index (χ4n) is 0.793. The van der Waals surface area contributed by atoms with Crippen molar-refractivity contribution in [1.82, 2.24) is 5.32 Å². The highest BCUT2D eigenvalue weighted by Crippen LogP contribution is 2.33. The van der Waals surface area contributed by atoms with Gasteiger partial charge in [0.05, 0.1) is 12.7 Å². The molecular formula is C7H15NO2. The van der Waals surface area contributed by atoms with Gasteiger partial charge < -0.3 is 15.5 Å². The summed E-state index contributed by atoms with van der Waals surface area (Å²) in [5.74, 6) is 0. The molecule has 0 bridgehead atoms. The number of aliphatic hydroxyl groups excluding tert-OH is 2. The van der Waals surface area contributed by atoms with E-state index in [1.54, 1.807) is 0 Å². The highest BCUT2D eigenvalue weighted by Gasteiger charge is 2.36. The van der Waals surface area contributed by atoms with Crippen molar-refractivity contribution in [3.8, 4) is 0 Å². The van der Waals surface area contributed by atoms with Crippen LogP contribution < -0.4 is 5.32 Å². The predicted octanol–water partition coefficient (Wildman–Crippen LogP) is -0.518. The summed E-state index contributed by atoms with van der Waals surface area (Å²) in [5.41, 5.74) is 0.260. The second-order valence-electron chi connectivity index (χ2n) is 3.28. The molecule has 0 saturated heterocycles. The fourth-order valence-corrected chi connectivity index (χ4v) is 0.793. The molecule has 1 aliphatic rings. The first kappa shape index (κ1) is 7.98. The van der Waals surface area contributed by atoms with Crippen molar-refractivity contribution in [2.24, 2.45) is 0 Å². The molecule has 3 N–H and O–H groups in total. The zero-order valence-electron chi connectivity index (χ0n) is 6.30. The van der Waals surface area contributed by atoms with Crippen molar-refractivity contribution in [3.63, 3.8) is 0 Å². The van der Waals surface area contributed by atoms with Crippen LogP contribution in [0, 0.1) is 0 Å². The summed E-state index contributed by atoms with van der Waals surface area (Å²) in [6.45, 7) is 2.48. The van der Waals surface area contributed by atoms with Gasteiger partial charge in [-0.15, -0.1) is 0 Å². The summed E-state index contributed by atoms with van der Waals surface area (Å²) in [6.07, 6.45) is 1.77. The molecule has 0 aromatic heterocycles. The molecule has 0 heterocycles. The van der Waals surface area contributed by atoms with Crippen molar-refractivity contribution < 1.29 is 10.2 Å². The Hall–Kier alpha value is -0.120. The number of β-amino-alcohol motifs (C(OH)–C–C–N with tert-alkyl or cyclic N) is 1. The Morgan fingerprint density at radius 3 is 2.60 bits per heavy atom. The summed E-state index contributed by atoms with van der Waals surface area (Å²) in [5, 5.41) is 20.6. The van der Waals surface area contributed by atoms with Crippen LogP contribution in [0.1, 0.15) is 19.8 Å². The van der Waals surface area contributed by atoms with E-state index in [1.165, 1.54) is 12.8 Å². The largest absolute Gasteiger partial charge is 0.394 e. The summed E-state index contributed by atoms with van der Waals surface area (Å²) in [4.78, 5) is 0. The standard InChI is InChI=1S/C7H15NO2/c1-7(2-3-7)8-4-6(10)5-9/h6,8-10H,2-5H2,1H3. The molecule has 3 heteroatoms. The van der Waals surface area contributed by atoms with E-state index in [0.717, 1.165) is 0 Å². The van der Waals surface area contributed by atoms with Crippen molar-refractivity contribution in [2.75, 3.05) is 13.2 Å². The normalized spacial score (nSPS) is 24.3. The van der Waals surface area contributed by atoms with Gasteiger partial charge in [0.1, 0.15) is 0 Å². The second kappa shape index (κ2) is 2.86. The lowest BCUT2D eigenvalue weighted by molar-refractivity contribution is 0.0915. The third-order valence-electron chi connectivity index (χ3n) is 1.98. The van der Waals surface area contributed by atoms with Gasteiger partial charge in [0, 0.05) is 12.1 Å². The SMILES string of the molecule is CC1(NCC(O)CO)CC1. The topological polar surface area (TPSA) is 52.5 Å². The zero-order valence-corrected chi connectivity index (χ0v) is 6.30. The van der Waals surface area contributed by atoms with Crippen LogP contribution in [0.5, 0.6) is 0 Å². The lowest BCUT2D eigenvalue weighted by Gasteiger charge is -2.13. The number of hydrogen-bond acceptors (Lipinski definition) is 3. The van der Waals surface area contributed by atoms with Gasteiger partial charge in [-0.2, -0.15) is 0 Å². The molecular weight excluding hydrogens is 130 g/mol. The highest BCUT2D eigenvalue weighted by molar-refractivity contribution is 4.97. The molecule has 0 aliphatic heterocycles. The molecule has 0 spiro atoms. The Morgan fingerprint density at radius 2 is 2.20 bits per heavy atom. The Bertz CT molecular complexity index is 112. The molecule has 1 rings (SSSR count). The van der Waals surface area contributed by atoms with Crippen LogP contribution in [-0.4, -0.2) is 35.0 Å². The first-order valence-corrected chi connectivity index (χ1v) is 3.70. The highest BCUT2D eigenvalue weighted by atomic mass is 16.3. The van der Waals surface area contributed by atoms with Crippen LogP contribution >= 0.6 is 0 Å². The van der Waals surface area contributed by atoms with Crippen LogP contribution in [0.15, 0.2) is 0 Å². The van der Waals surface area contributed by atoms with Crippen molar-refractivity contribution >= 4 is 0 Å². The first-order valence-electron chi connectivity index (χ1n) is 3.70. The maximum Gasteiger partial charge on any atom is 0.0895 e. The van der Waals surface area contributed by atoms with Crippen molar-refractivity contribution in [1.29, 1.82) is 0 Å². The third-order valence-corrected chi connectivity index (χ3v) is 1.98. The van der Waals surface area contributed by atoms with Gasteiger partial charge in [-0.1, -0.05) is 0 Å². The lowest BCUT2D eigenvalue weighted by Crippen LogP contribution is -2.36. The van der Waals surface area contributed by atoms with Gasteiger partial charge in [0.25, 0.3) is 0 Å². The Balaban J connectivity index is 2.04. The van der Waals surface area contributed by atoms with Crippen LogP contribution in [0.25, 0.3) is 0 Å². The molecule has 3 nitrogen and oxygen atoms in total. The number of hydrogen-bond donors (Lipinski definition) is 3. The third kappa shape index (κ3) is 2.25. The van der Waals surface area contributed by atoms with Gasteiger partial charge >= 0.3 is 0 Å². The van der Waals surface area contributed by atoms with Gasteiger partial charge in [-0.05, 0) is 19.8 Å². The molecule has 10 heavy (non-hydrogen) atoms. The summed E-state index contributed by atoms with van der Waals surface area (Å²) >= 11 is 0. The molecule has 1 unspecified atom stereocenters. The molecule has 60 valence electrons. The van der Waals surface area contributed by atoms with Crippen LogP contribution in [0.3, 0.4) is 0 Å². The molecule has 0 amide bonds. The van der Waals surface area contributed by atoms with Crippen LogP contribution in [-0.2, 0) is 0 Å². The minimum Gasteiger partial charge on any atom is -0.394 e. The van der Waals surface area contributed by atoms with E-state index < -0.39 is 6.10 Å². The van der Waals surface area contributed by atoms with Gasteiger partial charge in [0.15, 0.2) is 0 Å². The molecule has 1 atom stereocenters. The second-order valence-corrected chi connectivity index (χ2v) is 3.28. The zero-order chi connectivity index (χ0) is 7.61. The summed E-state index contributed by atoms with van der Waals surface area (Å²) in [6, 6.07) is 0. The molecule has 1 fully saturated rings. The smallest absolute Gasteiger partial charge is 0.0895 e. The van der Waals surface area contributed by atoms with E-state index in [9.17, 15) is 0 Å². The lowest BCUT2D eigenvalue weighted by atomic mass is 10.3. The first-order chi connectivity index (χ1) is 4.66. The maximum atomic E-state index is 8.94. The predicted molar refractivity (Wildman–Crippen MR) is 38.7 cm³/mol. The Morgan fingerprint density at radius 1 is 1.60 bits per heavy atom. The summed E-state index contributed by atoms with van der Waals surface area (Å²) < 4.78 is 0. The molecule has 0 radical (unpaired) electrons. The molecule has 0 aromatic rings. The van der Waals surface area contributed by atoms with E-state index in [1.807, 2.05) is 0 Å². The molecule has 1 saturated carbocycles. The molecule has 1 aliphatic carbocycles. The fraction of sp³-hybridized carbons (Fsp3) is 1.00. The van der Waals surface area contributed by atoms with Crippen molar-refractivity contribution in [3.05, 3.63) is 0 Å². The van der Waals surface area contributed by atoms with Crippen molar-refractivity contribution in [2.45, 2.75) is 31.4 Å². The van der Waals surface area contributed by atoms with Gasteiger partial charge in [-0.3, -0.25) is 0 Å². The Labute approximate surface area is 61.1 Å². The van der Waals surface area contributed by atoms with Crippen LogP contribution in [0.4, 0.5) is 0 Å².